The molecule has 2 fully saturated rings. The Kier molecular flexibility index (Phi) is 8.17. The number of carbonyl (C=O) groups is 2. The second-order valence-electron chi connectivity index (χ2n) is 8.77. The highest BCUT2D eigenvalue weighted by molar-refractivity contribution is 5.98. The van der Waals surface area contributed by atoms with Gasteiger partial charge in [-0.05, 0) is 48.0 Å². The number of nitrogens with zero attached hydrogens (tertiary/aromatic N) is 3. The number of aromatic hydroxyl groups is 1. The third kappa shape index (κ3) is 6.47. The van der Waals surface area contributed by atoms with Gasteiger partial charge in [-0.15, -0.1) is 0 Å². The predicted molar refractivity (Wildman–Crippen MR) is 128 cm³/mol. The molecule has 188 valence electrons. The van der Waals surface area contributed by atoms with Gasteiger partial charge < -0.3 is 30.1 Å². The van der Waals surface area contributed by atoms with Crippen molar-refractivity contribution >= 4 is 17.5 Å². The minimum atomic E-state index is -1.09. The molecule has 2 aliphatic heterocycles. The third-order valence-electron chi connectivity index (χ3n) is 6.32. The van der Waals surface area contributed by atoms with Gasteiger partial charge in [0.1, 0.15) is 17.6 Å². The lowest BCUT2D eigenvalue weighted by atomic mass is 10.1. The number of anilines is 1. The molecule has 9 nitrogen and oxygen atoms in total. The summed E-state index contributed by atoms with van der Waals surface area (Å²) < 4.78 is 18.5. The highest BCUT2D eigenvalue weighted by Gasteiger charge is 2.29. The number of hydrogen-bond acceptors (Lipinski definition) is 7. The Morgan fingerprint density at radius 2 is 1.69 bits per heavy atom. The summed E-state index contributed by atoms with van der Waals surface area (Å²) in [6.07, 6.45) is 0. The van der Waals surface area contributed by atoms with Crippen LogP contribution in [0.4, 0.5) is 10.1 Å². The topological polar surface area (TPSA) is 106 Å². The largest absolute Gasteiger partial charge is 0.508 e. The summed E-state index contributed by atoms with van der Waals surface area (Å²) in [6.45, 7) is 4.80. The number of phenolic OH excluding ortho intramolecular Hbond substituents is 1. The fourth-order valence-corrected chi connectivity index (χ4v) is 4.40. The van der Waals surface area contributed by atoms with Crippen LogP contribution in [0.15, 0.2) is 42.5 Å². The second-order valence-corrected chi connectivity index (χ2v) is 8.77. The maximum atomic E-state index is 13.2. The summed E-state index contributed by atoms with van der Waals surface area (Å²) in [5.41, 5.74) is 1.88. The van der Waals surface area contributed by atoms with E-state index in [1.165, 1.54) is 18.2 Å². The molecule has 0 radical (unpaired) electrons. The van der Waals surface area contributed by atoms with Gasteiger partial charge in [-0.2, -0.15) is 0 Å². The quantitative estimate of drug-likeness (QED) is 0.532. The Morgan fingerprint density at radius 1 is 1.00 bits per heavy atom. The summed E-state index contributed by atoms with van der Waals surface area (Å²) in [6, 6.07) is 9.75. The van der Waals surface area contributed by atoms with Crippen LogP contribution >= 0.6 is 0 Å². The van der Waals surface area contributed by atoms with Gasteiger partial charge in [-0.1, -0.05) is 0 Å². The van der Waals surface area contributed by atoms with E-state index in [0.717, 1.165) is 24.3 Å². The molecule has 3 N–H and O–H groups in total. The van der Waals surface area contributed by atoms with Crippen molar-refractivity contribution < 1.29 is 28.9 Å². The fraction of sp³-hybridized carbons (Fsp3) is 0.440. The van der Waals surface area contributed by atoms with Crippen molar-refractivity contribution in [3.05, 3.63) is 59.4 Å². The van der Waals surface area contributed by atoms with Crippen molar-refractivity contribution in [2.45, 2.75) is 12.6 Å². The van der Waals surface area contributed by atoms with Gasteiger partial charge in [0.15, 0.2) is 0 Å². The van der Waals surface area contributed by atoms with E-state index in [9.17, 15) is 24.2 Å². The van der Waals surface area contributed by atoms with Crippen LogP contribution in [0.5, 0.6) is 5.75 Å². The van der Waals surface area contributed by atoms with Crippen molar-refractivity contribution in [3.8, 4) is 5.75 Å². The maximum absolute atomic E-state index is 13.2. The molecule has 1 atom stereocenters. The molecule has 35 heavy (non-hydrogen) atoms. The number of amides is 2. The maximum Gasteiger partial charge on any atom is 0.252 e. The molecule has 10 heteroatoms. The molecule has 0 aromatic heterocycles. The molecular weight excluding hydrogens is 455 g/mol. The van der Waals surface area contributed by atoms with Crippen molar-refractivity contribution in [2.24, 2.45) is 0 Å². The first-order chi connectivity index (χ1) is 16.9. The molecule has 0 saturated carbocycles. The van der Waals surface area contributed by atoms with Crippen LogP contribution in [-0.4, -0.2) is 97.0 Å². The Morgan fingerprint density at radius 3 is 2.34 bits per heavy atom. The average molecular weight is 487 g/mol. The molecule has 1 unspecified atom stereocenters. The standard InChI is InChI=1S/C25H31FN4O5/c26-20-1-3-21(4-2-20)29-5-7-30(8-6-29)25(34)23(17-31)27-24(33)19-13-18(14-22(32)15-19)16-28-9-11-35-12-10-28/h1-4,13-15,23,31-32H,5-12,16-17H2,(H,27,33). The number of aliphatic hydroxyl groups is 1. The Bertz CT molecular complexity index is 1020. The van der Waals surface area contributed by atoms with Crippen LogP contribution in [-0.2, 0) is 16.1 Å². The normalized spacial score (nSPS) is 17.8. The second kappa shape index (κ2) is 11.5. The molecule has 2 saturated heterocycles. The zero-order valence-electron chi connectivity index (χ0n) is 19.5. The van der Waals surface area contributed by atoms with Crippen LogP contribution in [0, 0.1) is 5.82 Å². The van der Waals surface area contributed by atoms with Gasteiger partial charge in [-0.25, -0.2) is 4.39 Å². The SMILES string of the molecule is O=C(NC(CO)C(=O)N1CCN(c2ccc(F)cc2)CC1)c1cc(O)cc(CN2CCOCC2)c1. The molecule has 4 rings (SSSR count). The number of morpholine rings is 1. The predicted octanol–water partition coefficient (Wildman–Crippen LogP) is 0.803. The lowest BCUT2D eigenvalue weighted by molar-refractivity contribution is -0.134. The molecule has 2 heterocycles. The Labute approximate surface area is 203 Å². The van der Waals surface area contributed by atoms with E-state index < -0.39 is 18.6 Å². The number of rotatable bonds is 7. The molecule has 0 aliphatic carbocycles. The smallest absolute Gasteiger partial charge is 0.252 e. The van der Waals surface area contributed by atoms with Crippen molar-refractivity contribution in [1.29, 1.82) is 0 Å². The lowest BCUT2D eigenvalue weighted by Crippen LogP contribution is -2.56. The van der Waals surface area contributed by atoms with Crippen molar-refractivity contribution in [1.82, 2.24) is 15.1 Å². The number of ether oxygens (including phenoxy) is 1. The van der Waals surface area contributed by atoms with Crippen LogP contribution in [0.2, 0.25) is 0 Å². The monoisotopic (exact) mass is 486 g/mol. The first-order valence-corrected chi connectivity index (χ1v) is 11.8. The van der Waals surface area contributed by atoms with Crippen LogP contribution in [0.1, 0.15) is 15.9 Å². The molecular formula is C25H31FN4O5. The number of piperazine rings is 1. The van der Waals surface area contributed by atoms with E-state index in [0.29, 0.717) is 45.9 Å². The van der Waals surface area contributed by atoms with Crippen LogP contribution in [0.3, 0.4) is 0 Å². The summed E-state index contributed by atoms with van der Waals surface area (Å²) in [7, 11) is 0. The lowest BCUT2D eigenvalue weighted by Gasteiger charge is -2.37. The Hall–Kier alpha value is -3.21. The van der Waals surface area contributed by atoms with E-state index in [2.05, 4.69) is 15.1 Å². The minimum Gasteiger partial charge on any atom is -0.508 e. The summed E-state index contributed by atoms with van der Waals surface area (Å²) in [5.74, 6) is -1.25. The van der Waals surface area contributed by atoms with Crippen LogP contribution in [0.25, 0.3) is 0 Å². The molecule has 0 bridgehead atoms. The number of carbonyl (C=O) groups excluding carboxylic acids is 2. The zero-order chi connectivity index (χ0) is 24.8. The van der Waals surface area contributed by atoms with E-state index in [4.69, 9.17) is 4.74 Å². The highest BCUT2D eigenvalue weighted by Crippen LogP contribution is 2.19. The van der Waals surface area contributed by atoms with Crippen molar-refractivity contribution in [2.75, 3.05) is 64.0 Å². The number of halogens is 1. The fourth-order valence-electron chi connectivity index (χ4n) is 4.40. The van der Waals surface area contributed by atoms with Crippen LogP contribution < -0.4 is 10.2 Å². The zero-order valence-corrected chi connectivity index (χ0v) is 19.5. The molecule has 2 aromatic rings. The highest BCUT2D eigenvalue weighted by atomic mass is 19.1. The number of hydrogen-bond donors (Lipinski definition) is 3. The van der Waals surface area contributed by atoms with E-state index in [1.807, 2.05) is 0 Å². The molecule has 2 aliphatic rings. The Balaban J connectivity index is 1.35. The number of phenols is 1. The average Bonchev–Trinajstić information content (AvgIpc) is 2.87. The number of benzene rings is 2. The van der Waals surface area contributed by atoms with Gasteiger partial charge in [0, 0.05) is 57.1 Å². The molecule has 0 spiro atoms. The van der Waals surface area contributed by atoms with Crippen molar-refractivity contribution in [3.63, 3.8) is 0 Å². The van der Waals surface area contributed by atoms with Gasteiger partial charge >= 0.3 is 0 Å². The summed E-state index contributed by atoms with van der Waals surface area (Å²) in [5, 5.41) is 22.6. The minimum absolute atomic E-state index is 0.0373. The van der Waals surface area contributed by atoms with Gasteiger partial charge in [0.2, 0.25) is 5.91 Å². The van der Waals surface area contributed by atoms with E-state index >= 15 is 0 Å². The van der Waals surface area contributed by atoms with Gasteiger partial charge in [-0.3, -0.25) is 14.5 Å². The van der Waals surface area contributed by atoms with Gasteiger partial charge in [0.25, 0.3) is 5.91 Å². The third-order valence-corrected chi connectivity index (χ3v) is 6.32. The summed E-state index contributed by atoms with van der Waals surface area (Å²) in [4.78, 5) is 31.7. The van der Waals surface area contributed by atoms with E-state index in [1.54, 1.807) is 29.2 Å². The van der Waals surface area contributed by atoms with E-state index in [-0.39, 0.29) is 23.0 Å². The number of aliphatic hydroxyl groups excluding tert-OH is 1. The molecule has 2 amide bonds. The number of nitrogens with one attached hydrogen (secondary N) is 1. The first-order valence-electron chi connectivity index (χ1n) is 11.8. The van der Waals surface area contributed by atoms with Gasteiger partial charge in [0.05, 0.1) is 19.8 Å². The first kappa shape index (κ1) is 24.9. The summed E-state index contributed by atoms with van der Waals surface area (Å²) >= 11 is 0. The molecule has 2 aromatic carbocycles.